The molecule has 0 unspecified atom stereocenters. The van der Waals surface area contributed by atoms with E-state index in [4.69, 9.17) is 4.74 Å². The van der Waals surface area contributed by atoms with Crippen molar-refractivity contribution in [3.05, 3.63) is 0 Å². The van der Waals surface area contributed by atoms with Gasteiger partial charge in [0, 0.05) is 38.8 Å². The highest BCUT2D eigenvalue weighted by Gasteiger charge is 2.28. The van der Waals surface area contributed by atoms with Crippen LogP contribution in [0.2, 0.25) is 0 Å². The Morgan fingerprint density at radius 3 is 2.57 bits per heavy atom. The van der Waals surface area contributed by atoms with Crippen LogP contribution in [-0.4, -0.2) is 74.8 Å². The molecular formula is C13H25N3O4S. The Labute approximate surface area is 126 Å². The number of piperidine rings is 1. The molecule has 2 aliphatic rings. The van der Waals surface area contributed by atoms with Crippen molar-refractivity contribution in [2.24, 2.45) is 0 Å². The Hall–Kier alpha value is -0.860. The monoisotopic (exact) mass is 319 g/mol. The Kier molecular flexibility index (Phi) is 5.83. The molecule has 0 aromatic heterocycles. The normalized spacial score (nSPS) is 22.8. The smallest absolute Gasteiger partial charge is 0.317 e. The van der Waals surface area contributed by atoms with E-state index in [1.54, 1.807) is 11.8 Å². The van der Waals surface area contributed by atoms with Gasteiger partial charge in [-0.25, -0.2) is 17.5 Å². The number of sulfonamides is 1. The first kappa shape index (κ1) is 16.5. The van der Waals surface area contributed by atoms with Crippen LogP contribution >= 0.6 is 0 Å². The van der Waals surface area contributed by atoms with Gasteiger partial charge in [-0.2, -0.15) is 0 Å². The van der Waals surface area contributed by atoms with Crippen molar-refractivity contribution < 1.29 is 17.9 Å². The summed E-state index contributed by atoms with van der Waals surface area (Å²) >= 11 is 0. The highest BCUT2D eigenvalue weighted by atomic mass is 32.2. The number of ether oxygens (including phenoxy) is 1. The van der Waals surface area contributed by atoms with Crippen molar-refractivity contribution in [2.75, 3.05) is 45.1 Å². The van der Waals surface area contributed by atoms with Gasteiger partial charge < -0.3 is 15.0 Å². The van der Waals surface area contributed by atoms with Crippen LogP contribution in [0.3, 0.4) is 0 Å². The maximum atomic E-state index is 12.2. The van der Waals surface area contributed by atoms with E-state index in [0.29, 0.717) is 45.7 Å². The molecule has 8 heteroatoms. The third-order valence-electron chi connectivity index (χ3n) is 4.05. The van der Waals surface area contributed by atoms with Gasteiger partial charge in [-0.1, -0.05) is 0 Å². The molecule has 21 heavy (non-hydrogen) atoms. The van der Waals surface area contributed by atoms with E-state index in [1.807, 2.05) is 0 Å². The van der Waals surface area contributed by atoms with Crippen LogP contribution in [0.15, 0.2) is 0 Å². The maximum absolute atomic E-state index is 12.2. The summed E-state index contributed by atoms with van der Waals surface area (Å²) in [4.78, 5) is 14.0. The summed E-state index contributed by atoms with van der Waals surface area (Å²) in [6.45, 7) is 5.26. The number of nitrogens with one attached hydrogen (secondary N) is 1. The van der Waals surface area contributed by atoms with Gasteiger partial charge in [0.15, 0.2) is 0 Å². The average Bonchev–Trinajstić information content (AvgIpc) is 2.77. The third-order valence-corrected chi connectivity index (χ3v) is 5.93. The number of carbonyl (C=O) groups is 1. The van der Waals surface area contributed by atoms with E-state index in [9.17, 15) is 13.2 Å². The van der Waals surface area contributed by atoms with E-state index in [-0.39, 0.29) is 17.8 Å². The summed E-state index contributed by atoms with van der Waals surface area (Å²) in [5, 5.41) is 3.02. The molecule has 122 valence electrons. The second kappa shape index (κ2) is 7.42. The lowest BCUT2D eigenvalue weighted by Gasteiger charge is -2.32. The van der Waals surface area contributed by atoms with E-state index in [1.165, 1.54) is 4.31 Å². The first-order valence-corrected chi connectivity index (χ1v) is 9.25. The van der Waals surface area contributed by atoms with Crippen LogP contribution in [0, 0.1) is 0 Å². The quantitative estimate of drug-likeness (QED) is 0.808. The average molecular weight is 319 g/mol. The molecule has 0 radical (unpaired) electrons. The van der Waals surface area contributed by atoms with Crippen molar-refractivity contribution in [3.8, 4) is 0 Å². The van der Waals surface area contributed by atoms with Gasteiger partial charge in [-0.15, -0.1) is 0 Å². The van der Waals surface area contributed by atoms with Crippen LogP contribution in [0.4, 0.5) is 4.79 Å². The Morgan fingerprint density at radius 2 is 1.90 bits per heavy atom. The second-order valence-electron chi connectivity index (χ2n) is 5.48. The summed E-state index contributed by atoms with van der Waals surface area (Å²) in [5.41, 5.74) is 0. The summed E-state index contributed by atoms with van der Waals surface area (Å²) < 4.78 is 30.4. The van der Waals surface area contributed by atoms with Gasteiger partial charge in [0.2, 0.25) is 10.0 Å². The predicted molar refractivity (Wildman–Crippen MR) is 79.6 cm³/mol. The van der Waals surface area contributed by atoms with Gasteiger partial charge in [0.1, 0.15) is 0 Å². The molecule has 0 aliphatic carbocycles. The van der Waals surface area contributed by atoms with Crippen molar-refractivity contribution in [2.45, 2.75) is 32.2 Å². The van der Waals surface area contributed by atoms with Crippen molar-refractivity contribution in [1.29, 1.82) is 0 Å². The molecule has 0 saturated carbocycles. The summed E-state index contributed by atoms with van der Waals surface area (Å²) in [7, 11) is -3.10. The van der Waals surface area contributed by atoms with Gasteiger partial charge >= 0.3 is 6.03 Å². The number of amides is 2. The number of carbonyl (C=O) groups excluding carboxylic acids is 1. The first-order chi connectivity index (χ1) is 10.0. The first-order valence-electron chi connectivity index (χ1n) is 7.64. The molecule has 1 N–H and O–H groups in total. The molecule has 0 atom stereocenters. The molecule has 0 spiro atoms. The fourth-order valence-corrected chi connectivity index (χ4v) is 3.81. The molecule has 2 saturated heterocycles. The van der Waals surface area contributed by atoms with E-state index < -0.39 is 10.0 Å². The lowest BCUT2D eigenvalue weighted by atomic mass is 10.1. The Balaban J connectivity index is 1.79. The minimum atomic E-state index is -3.10. The maximum Gasteiger partial charge on any atom is 0.317 e. The summed E-state index contributed by atoms with van der Waals surface area (Å²) in [5.74, 6) is 0.137. The largest absolute Gasteiger partial charge is 0.380 e. The van der Waals surface area contributed by atoms with Crippen LogP contribution in [-0.2, 0) is 14.8 Å². The number of nitrogens with zero attached hydrogens (tertiary/aromatic N) is 2. The molecule has 0 aromatic rings. The Bertz CT molecular complexity index is 438. The molecule has 7 nitrogen and oxygen atoms in total. The van der Waals surface area contributed by atoms with Crippen LogP contribution in [0.5, 0.6) is 0 Å². The van der Waals surface area contributed by atoms with E-state index >= 15 is 0 Å². The topological polar surface area (TPSA) is 79.0 Å². The fraction of sp³-hybridized carbons (Fsp3) is 0.923. The Morgan fingerprint density at radius 1 is 1.19 bits per heavy atom. The van der Waals surface area contributed by atoms with Crippen LogP contribution in [0.25, 0.3) is 0 Å². The molecule has 2 rings (SSSR count). The van der Waals surface area contributed by atoms with Crippen LogP contribution in [0.1, 0.15) is 26.2 Å². The zero-order valence-electron chi connectivity index (χ0n) is 12.6. The lowest BCUT2D eigenvalue weighted by molar-refractivity contribution is 0.141. The zero-order valence-corrected chi connectivity index (χ0v) is 13.4. The highest BCUT2D eigenvalue weighted by molar-refractivity contribution is 7.89. The standard InChI is InChI=1S/C13H25N3O4S/c1-2-21(18,19)16-7-4-12(5-8-16)14-13(17)15-6-3-10-20-11-9-15/h12H,2-11H2,1H3,(H,14,17). The van der Waals surface area contributed by atoms with Crippen LogP contribution < -0.4 is 5.32 Å². The molecule has 0 aromatic carbocycles. The SMILES string of the molecule is CCS(=O)(=O)N1CCC(NC(=O)N2CCCOCC2)CC1. The molecule has 2 amide bonds. The summed E-state index contributed by atoms with van der Waals surface area (Å²) in [6, 6.07) is 0.00211. The molecule has 2 fully saturated rings. The minimum Gasteiger partial charge on any atom is -0.380 e. The van der Waals surface area contributed by atoms with Gasteiger partial charge in [0.05, 0.1) is 12.4 Å². The third kappa shape index (κ3) is 4.55. The van der Waals surface area contributed by atoms with Gasteiger partial charge in [-0.05, 0) is 26.2 Å². The van der Waals surface area contributed by atoms with Crippen molar-refractivity contribution >= 4 is 16.1 Å². The fourth-order valence-electron chi connectivity index (χ4n) is 2.68. The molecule has 0 bridgehead atoms. The highest BCUT2D eigenvalue weighted by Crippen LogP contribution is 2.15. The predicted octanol–water partition coefficient (Wildman–Crippen LogP) is 0.232. The molecule has 2 heterocycles. The molecular weight excluding hydrogens is 294 g/mol. The van der Waals surface area contributed by atoms with Gasteiger partial charge in [0.25, 0.3) is 0 Å². The minimum absolute atomic E-state index is 0.0581. The molecule has 2 aliphatic heterocycles. The van der Waals surface area contributed by atoms with E-state index in [2.05, 4.69) is 5.32 Å². The number of hydrogen-bond acceptors (Lipinski definition) is 4. The van der Waals surface area contributed by atoms with Crippen molar-refractivity contribution in [1.82, 2.24) is 14.5 Å². The lowest BCUT2D eigenvalue weighted by Crippen LogP contribution is -2.50. The van der Waals surface area contributed by atoms with E-state index in [0.717, 1.165) is 13.0 Å². The number of urea groups is 1. The number of rotatable bonds is 3. The van der Waals surface area contributed by atoms with Crippen molar-refractivity contribution in [3.63, 3.8) is 0 Å². The van der Waals surface area contributed by atoms with Gasteiger partial charge in [-0.3, -0.25) is 0 Å². The second-order valence-corrected chi connectivity index (χ2v) is 7.73. The summed E-state index contributed by atoms with van der Waals surface area (Å²) in [6.07, 6.45) is 2.21. The zero-order chi connectivity index (χ0) is 15.3. The number of hydrogen-bond donors (Lipinski definition) is 1.